The van der Waals surface area contributed by atoms with Crippen LogP contribution in [0.4, 0.5) is 0 Å². The average molecular weight is 288 g/mol. The van der Waals surface area contributed by atoms with E-state index in [-0.39, 0.29) is 5.91 Å². The summed E-state index contributed by atoms with van der Waals surface area (Å²) in [4.78, 5) is 12.8. The van der Waals surface area contributed by atoms with Crippen LogP contribution in [0.1, 0.15) is 12.8 Å². The van der Waals surface area contributed by atoms with Crippen molar-refractivity contribution in [3.8, 4) is 0 Å². The SMILES string of the molecule is NCCCCNC(=O)CSc1ccc2ccccc2c1. The molecule has 2 aromatic carbocycles. The lowest BCUT2D eigenvalue weighted by atomic mass is 10.1. The van der Waals surface area contributed by atoms with Crippen molar-refractivity contribution in [3.63, 3.8) is 0 Å². The molecular formula is C16H20N2OS. The molecule has 0 aliphatic heterocycles. The first kappa shape index (κ1) is 14.9. The molecule has 20 heavy (non-hydrogen) atoms. The van der Waals surface area contributed by atoms with Crippen molar-refractivity contribution in [2.45, 2.75) is 17.7 Å². The van der Waals surface area contributed by atoms with E-state index in [0.717, 1.165) is 17.7 Å². The van der Waals surface area contributed by atoms with Gasteiger partial charge in [-0.25, -0.2) is 0 Å². The average Bonchev–Trinajstić information content (AvgIpc) is 2.49. The fourth-order valence-corrected chi connectivity index (χ4v) is 2.73. The Labute approximate surface area is 123 Å². The number of nitrogens with two attached hydrogens (primary N) is 1. The highest BCUT2D eigenvalue weighted by atomic mass is 32.2. The number of benzene rings is 2. The van der Waals surface area contributed by atoms with Gasteiger partial charge in [0.15, 0.2) is 0 Å². The monoisotopic (exact) mass is 288 g/mol. The van der Waals surface area contributed by atoms with E-state index >= 15 is 0 Å². The molecule has 3 N–H and O–H groups in total. The number of thioether (sulfide) groups is 1. The van der Waals surface area contributed by atoms with Gasteiger partial charge in [-0.1, -0.05) is 30.3 Å². The minimum atomic E-state index is 0.0835. The summed E-state index contributed by atoms with van der Waals surface area (Å²) in [6.45, 7) is 1.40. The zero-order valence-electron chi connectivity index (χ0n) is 11.5. The zero-order chi connectivity index (χ0) is 14.2. The number of unbranched alkanes of at least 4 members (excludes halogenated alkanes) is 1. The second kappa shape index (κ2) is 7.92. The fraction of sp³-hybridized carbons (Fsp3) is 0.312. The van der Waals surface area contributed by atoms with Crippen molar-refractivity contribution in [3.05, 3.63) is 42.5 Å². The molecule has 2 rings (SSSR count). The van der Waals surface area contributed by atoms with Gasteiger partial charge in [0, 0.05) is 11.4 Å². The van der Waals surface area contributed by atoms with Crippen LogP contribution in [0.3, 0.4) is 0 Å². The Morgan fingerprint density at radius 1 is 1.10 bits per heavy atom. The van der Waals surface area contributed by atoms with Crippen LogP contribution in [-0.4, -0.2) is 24.7 Å². The molecule has 0 aromatic heterocycles. The Bertz CT molecular complexity index is 571. The molecule has 0 aliphatic carbocycles. The minimum absolute atomic E-state index is 0.0835. The summed E-state index contributed by atoms with van der Waals surface area (Å²) in [6.07, 6.45) is 1.90. The first-order valence-electron chi connectivity index (χ1n) is 6.88. The number of carbonyl (C=O) groups is 1. The molecule has 0 spiro atoms. The standard InChI is InChI=1S/C16H20N2OS/c17-9-3-4-10-18-16(19)12-20-15-8-7-13-5-1-2-6-14(13)11-15/h1-2,5-8,11H,3-4,9-10,12,17H2,(H,18,19). The maximum atomic E-state index is 11.7. The van der Waals surface area contributed by atoms with E-state index in [9.17, 15) is 4.79 Å². The van der Waals surface area contributed by atoms with Gasteiger partial charge in [0.1, 0.15) is 0 Å². The largest absolute Gasteiger partial charge is 0.355 e. The van der Waals surface area contributed by atoms with Gasteiger partial charge in [-0.05, 0) is 42.3 Å². The molecule has 1 amide bonds. The summed E-state index contributed by atoms with van der Waals surface area (Å²) in [6, 6.07) is 14.5. The molecule has 0 saturated heterocycles. The Balaban J connectivity index is 1.81. The Morgan fingerprint density at radius 2 is 1.90 bits per heavy atom. The van der Waals surface area contributed by atoms with E-state index in [2.05, 4.69) is 35.6 Å². The highest BCUT2D eigenvalue weighted by Gasteiger charge is 2.03. The third-order valence-electron chi connectivity index (χ3n) is 3.04. The van der Waals surface area contributed by atoms with Gasteiger partial charge in [0.05, 0.1) is 5.75 Å². The number of fused-ring (bicyclic) bond motifs is 1. The van der Waals surface area contributed by atoms with E-state index < -0.39 is 0 Å². The van der Waals surface area contributed by atoms with Gasteiger partial charge >= 0.3 is 0 Å². The normalized spacial score (nSPS) is 10.7. The number of nitrogens with one attached hydrogen (secondary N) is 1. The van der Waals surface area contributed by atoms with Crippen LogP contribution >= 0.6 is 11.8 Å². The van der Waals surface area contributed by atoms with Gasteiger partial charge in [-0.15, -0.1) is 11.8 Å². The lowest BCUT2D eigenvalue weighted by molar-refractivity contribution is -0.118. The molecule has 0 aliphatic rings. The number of amides is 1. The molecule has 0 saturated carbocycles. The number of carbonyl (C=O) groups excluding carboxylic acids is 1. The summed E-state index contributed by atoms with van der Waals surface area (Å²) < 4.78 is 0. The van der Waals surface area contributed by atoms with E-state index in [0.29, 0.717) is 18.8 Å². The van der Waals surface area contributed by atoms with E-state index in [4.69, 9.17) is 5.73 Å². The second-order valence-corrected chi connectivity index (χ2v) is 5.69. The van der Waals surface area contributed by atoms with Crippen molar-refractivity contribution in [2.75, 3.05) is 18.8 Å². The van der Waals surface area contributed by atoms with Gasteiger partial charge in [0.25, 0.3) is 0 Å². The Morgan fingerprint density at radius 3 is 2.70 bits per heavy atom. The van der Waals surface area contributed by atoms with Crippen molar-refractivity contribution >= 4 is 28.4 Å². The number of hydrogen-bond donors (Lipinski definition) is 2. The molecule has 4 heteroatoms. The first-order chi connectivity index (χ1) is 9.79. The Kier molecular flexibility index (Phi) is 5.89. The van der Waals surface area contributed by atoms with E-state index in [1.165, 1.54) is 10.8 Å². The number of hydrogen-bond acceptors (Lipinski definition) is 3. The molecule has 3 nitrogen and oxygen atoms in total. The predicted octanol–water partition coefficient (Wildman–Crippen LogP) is 2.79. The topological polar surface area (TPSA) is 55.1 Å². The lowest BCUT2D eigenvalue weighted by Crippen LogP contribution is -2.26. The van der Waals surface area contributed by atoms with Gasteiger partial charge in [0.2, 0.25) is 5.91 Å². The summed E-state index contributed by atoms with van der Waals surface area (Å²) >= 11 is 1.57. The maximum absolute atomic E-state index is 11.7. The van der Waals surface area contributed by atoms with E-state index in [1.54, 1.807) is 11.8 Å². The number of rotatable bonds is 7. The van der Waals surface area contributed by atoms with Crippen LogP contribution in [0.25, 0.3) is 10.8 Å². The second-order valence-electron chi connectivity index (χ2n) is 4.64. The first-order valence-corrected chi connectivity index (χ1v) is 7.86. The summed E-state index contributed by atoms with van der Waals surface area (Å²) in [5.41, 5.74) is 5.41. The quantitative estimate of drug-likeness (QED) is 0.608. The van der Waals surface area contributed by atoms with Gasteiger partial charge in [-0.2, -0.15) is 0 Å². The van der Waals surface area contributed by atoms with Gasteiger partial charge < -0.3 is 11.1 Å². The molecule has 0 radical (unpaired) electrons. The summed E-state index contributed by atoms with van der Waals surface area (Å²) in [7, 11) is 0. The maximum Gasteiger partial charge on any atom is 0.230 e. The highest BCUT2D eigenvalue weighted by molar-refractivity contribution is 8.00. The molecule has 0 atom stereocenters. The predicted molar refractivity (Wildman–Crippen MR) is 86.0 cm³/mol. The van der Waals surface area contributed by atoms with Crippen LogP contribution in [0.2, 0.25) is 0 Å². The third kappa shape index (κ3) is 4.54. The van der Waals surface area contributed by atoms with Crippen LogP contribution in [0.15, 0.2) is 47.4 Å². The molecule has 106 valence electrons. The van der Waals surface area contributed by atoms with Crippen molar-refractivity contribution < 1.29 is 4.79 Å². The highest BCUT2D eigenvalue weighted by Crippen LogP contribution is 2.23. The summed E-state index contributed by atoms with van der Waals surface area (Å²) in [5.74, 6) is 0.543. The fourth-order valence-electron chi connectivity index (χ4n) is 1.95. The third-order valence-corrected chi connectivity index (χ3v) is 4.04. The van der Waals surface area contributed by atoms with Gasteiger partial charge in [-0.3, -0.25) is 4.79 Å². The molecule has 0 fully saturated rings. The smallest absolute Gasteiger partial charge is 0.230 e. The Hall–Kier alpha value is -1.52. The zero-order valence-corrected chi connectivity index (χ0v) is 12.3. The van der Waals surface area contributed by atoms with Crippen LogP contribution in [0.5, 0.6) is 0 Å². The van der Waals surface area contributed by atoms with Crippen molar-refractivity contribution in [1.82, 2.24) is 5.32 Å². The minimum Gasteiger partial charge on any atom is -0.355 e. The molecule has 0 heterocycles. The molecule has 0 unspecified atom stereocenters. The van der Waals surface area contributed by atoms with Crippen LogP contribution < -0.4 is 11.1 Å². The van der Waals surface area contributed by atoms with Crippen molar-refractivity contribution in [1.29, 1.82) is 0 Å². The molecule has 2 aromatic rings. The van der Waals surface area contributed by atoms with Crippen LogP contribution in [0, 0.1) is 0 Å². The van der Waals surface area contributed by atoms with E-state index in [1.807, 2.05) is 12.1 Å². The lowest BCUT2D eigenvalue weighted by Gasteiger charge is -2.05. The summed E-state index contributed by atoms with van der Waals surface area (Å²) in [5, 5.41) is 5.34. The molecule has 0 bridgehead atoms. The van der Waals surface area contributed by atoms with Crippen LogP contribution in [-0.2, 0) is 4.79 Å². The molecular weight excluding hydrogens is 268 g/mol. The van der Waals surface area contributed by atoms with Crippen molar-refractivity contribution in [2.24, 2.45) is 5.73 Å².